The molecule has 1 saturated heterocycles. The Morgan fingerprint density at radius 1 is 1.74 bits per heavy atom. The van der Waals surface area contributed by atoms with Crippen LogP contribution >= 0.6 is 35.6 Å². The van der Waals surface area contributed by atoms with Gasteiger partial charge in [0.2, 0.25) is 0 Å². The van der Waals surface area contributed by atoms with Gasteiger partial charge in [0.05, 0.1) is 15.6 Å². The molecule has 1 aromatic rings. The lowest BCUT2D eigenvalue weighted by Crippen LogP contribution is -2.28. The van der Waals surface area contributed by atoms with E-state index in [2.05, 4.69) is 23.8 Å². The number of non-ortho nitro benzene ring substituents is 1. The molecule has 1 atom stereocenters. The molecule has 122 valence electrons. The number of benzene rings is 1. The largest absolute Gasteiger partial charge is 0.357 e. The Labute approximate surface area is 148 Å². The zero-order valence-electron chi connectivity index (χ0n) is 12.4. The number of hydrogen-bond acceptors (Lipinski definition) is 4. The summed E-state index contributed by atoms with van der Waals surface area (Å²) in [7, 11) is 0. The van der Waals surface area contributed by atoms with Gasteiger partial charge in [0.15, 0.2) is 10.3 Å². The van der Waals surface area contributed by atoms with Crippen molar-refractivity contribution >= 4 is 57.2 Å². The molecule has 0 radical (unpaired) electrons. The maximum atomic E-state index is 10.8. The fourth-order valence-corrected chi connectivity index (χ4v) is 3.55. The average molecular weight is 371 g/mol. The summed E-state index contributed by atoms with van der Waals surface area (Å²) in [6.45, 7) is 6.92. The number of nitrogens with zero attached hydrogens (tertiary/aromatic N) is 3. The minimum atomic E-state index is -0.472. The summed E-state index contributed by atoms with van der Waals surface area (Å²) in [4.78, 5) is 16.7. The van der Waals surface area contributed by atoms with Crippen molar-refractivity contribution in [3.8, 4) is 0 Å². The van der Waals surface area contributed by atoms with Gasteiger partial charge in [-0.05, 0) is 18.3 Å². The minimum absolute atomic E-state index is 0.0414. The van der Waals surface area contributed by atoms with E-state index in [1.807, 2.05) is 4.90 Å². The lowest BCUT2D eigenvalue weighted by molar-refractivity contribution is -0.384. The second-order valence-corrected chi connectivity index (χ2v) is 7.00. The Morgan fingerprint density at radius 3 is 3.09 bits per heavy atom. The van der Waals surface area contributed by atoms with Gasteiger partial charge >= 0.3 is 0 Å². The Balaban J connectivity index is 2.29. The Hall–Kier alpha value is -1.64. The highest BCUT2D eigenvalue weighted by atomic mass is 35.5. The third-order valence-electron chi connectivity index (χ3n) is 3.00. The summed E-state index contributed by atoms with van der Waals surface area (Å²) < 4.78 is 0. The van der Waals surface area contributed by atoms with E-state index in [0.29, 0.717) is 34.2 Å². The molecule has 1 unspecified atom stereocenters. The van der Waals surface area contributed by atoms with Gasteiger partial charge in [0.25, 0.3) is 5.69 Å². The Morgan fingerprint density at radius 2 is 2.48 bits per heavy atom. The number of thiocarbonyl (C=S) groups is 1. The second-order valence-electron chi connectivity index (χ2n) is 4.80. The molecule has 0 aromatic heterocycles. The van der Waals surface area contributed by atoms with Crippen LogP contribution in [0.15, 0.2) is 35.8 Å². The van der Waals surface area contributed by atoms with Crippen LogP contribution < -0.4 is 10.2 Å². The summed E-state index contributed by atoms with van der Waals surface area (Å²) in [5, 5.41) is 15.5. The number of thioether (sulfide) groups is 1. The monoisotopic (exact) mass is 370 g/mol. The molecule has 0 bridgehead atoms. The predicted molar refractivity (Wildman–Crippen MR) is 101 cm³/mol. The van der Waals surface area contributed by atoms with Crippen LogP contribution in [-0.4, -0.2) is 33.5 Å². The fourth-order valence-electron chi connectivity index (χ4n) is 2.02. The summed E-state index contributed by atoms with van der Waals surface area (Å²) in [6, 6.07) is 4.41. The number of halogens is 1. The molecular formula is C14H15ClN4O2S2. The third kappa shape index (κ3) is 4.43. The van der Waals surface area contributed by atoms with E-state index >= 15 is 0 Å². The van der Waals surface area contributed by atoms with Crippen LogP contribution in [0.1, 0.15) is 6.92 Å². The van der Waals surface area contributed by atoms with Gasteiger partial charge in [-0.2, -0.15) is 4.99 Å². The van der Waals surface area contributed by atoms with E-state index in [0.717, 1.165) is 5.17 Å². The van der Waals surface area contributed by atoms with Gasteiger partial charge in [-0.25, -0.2) is 0 Å². The van der Waals surface area contributed by atoms with Crippen molar-refractivity contribution in [3.05, 3.63) is 46.0 Å². The van der Waals surface area contributed by atoms with Gasteiger partial charge < -0.3 is 10.2 Å². The van der Waals surface area contributed by atoms with Crippen molar-refractivity contribution in [2.75, 3.05) is 18.0 Å². The molecule has 23 heavy (non-hydrogen) atoms. The Bertz CT molecular complexity index is 681. The molecule has 9 heteroatoms. The highest BCUT2D eigenvalue weighted by molar-refractivity contribution is 8.15. The number of amidine groups is 1. The average Bonchev–Trinajstić information content (AvgIpc) is 2.85. The van der Waals surface area contributed by atoms with Crippen molar-refractivity contribution in [3.63, 3.8) is 0 Å². The first-order valence-corrected chi connectivity index (χ1v) is 8.44. The second kappa shape index (κ2) is 7.76. The third-order valence-corrected chi connectivity index (χ3v) is 4.62. The first-order valence-electron chi connectivity index (χ1n) is 6.78. The maximum Gasteiger partial charge on any atom is 0.271 e. The first kappa shape index (κ1) is 17.7. The zero-order valence-corrected chi connectivity index (χ0v) is 14.7. The molecular weight excluding hydrogens is 356 g/mol. The summed E-state index contributed by atoms with van der Waals surface area (Å²) in [6.07, 6.45) is 1.70. The molecule has 0 saturated carbocycles. The smallest absolute Gasteiger partial charge is 0.271 e. The number of nitro groups is 1. The van der Waals surface area contributed by atoms with Crippen LogP contribution in [0.4, 0.5) is 11.4 Å². The summed E-state index contributed by atoms with van der Waals surface area (Å²) in [5.41, 5.74) is 0.639. The van der Waals surface area contributed by atoms with Crippen molar-refractivity contribution in [1.29, 1.82) is 0 Å². The van der Waals surface area contributed by atoms with E-state index in [9.17, 15) is 10.1 Å². The normalized spacial score (nSPS) is 19.0. The van der Waals surface area contributed by atoms with E-state index in [-0.39, 0.29) is 5.69 Å². The van der Waals surface area contributed by atoms with Crippen LogP contribution in [0.5, 0.6) is 0 Å². The first-order chi connectivity index (χ1) is 10.9. The molecule has 1 aromatic carbocycles. The summed E-state index contributed by atoms with van der Waals surface area (Å²) >= 11 is 13.0. The zero-order chi connectivity index (χ0) is 17.0. The van der Waals surface area contributed by atoms with Crippen molar-refractivity contribution in [2.45, 2.75) is 12.2 Å². The molecule has 2 rings (SSSR count). The van der Waals surface area contributed by atoms with Crippen LogP contribution in [0.25, 0.3) is 0 Å². The van der Waals surface area contributed by atoms with E-state index in [1.54, 1.807) is 23.9 Å². The minimum Gasteiger partial charge on any atom is -0.357 e. The number of nitrogens with one attached hydrogen (secondary N) is 1. The van der Waals surface area contributed by atoms with Crippen LogP contribution in [-0.2, 0) is 0 Å². The van der Waals surface area contributed by atoms with Crippen molar-refractivity contribution in [2.24, 2.45) is 4.99 Å². The number of hydrogen-bond donors (Lipinski definition) is 1. The van der Waals surface area contributed by atoms with E-state index in [1.165, 1.54) is 12.1 Å². The maximum absolute atomic E-state index is 10.8. The lowest BCUT2D eigenvalue weighted by Gasteiger charge is -2.19. The van der Waals surface area contributed by atoms with Crippen molar-refractivity contribution < 1.29 is 4.92 Å². The molecule has 0 amide bonds. The van der Waals surface area contributed by atoms with Crippen molar-refractivity contribution in [1.82, 2.24) is 5.32 Å². The van der Waals surface area contributed by atoms with Gasteiger partial charge in [0.1, 0.15) is 0 Å². The number of aliphatic imine (C=N–C) groups is 1. The Kier molecular flexibility index (Phi) is 5.97. The fraction of sp³-hybridized carbons (Fsp3) is 0.286. The quantitative estimate of drug-likeness (QED) is 0.378. The summed E-state index contributed by atoms with van der Waals surface area (Å²) in [5.74, 6) is 0. The molecule has 1 fully saturated rings. The molecule has 1 aliphatic heterocycles. The van der Waals surface area contributed by atoms with Gasteiger partial charge in [0, 0.05) is 30.5 Å². The van der Waals surface area contributed by atoms with Gasteiger partial charge in [-0.15, -0.1) is 6.58 Å². The molecule has 0 spiro atoms. The van der Waals surface area contributed by atoms with Crippen LogP contribution in [0.3, 0.4) is 0 Å². The highest BCUT2D eigenvalue weighted by Gasteiger charge is 2.29. The number of rotatable bonds is 4. The predicted octanol–water partition coefficient (Wildman–Crippen LogP) is 3.61. The lowest BCUT2D eigenvalue weighted by atomic mass is 10.2. The molecule has 1 N–H and O–H groups in total. The van der Waals surface area contributed by atoms with E-state index in [4.69, 9.17) is 23.8 Å². The standard InChI is InChI=1S/C14H15ClN4O2S2/c1-3-6-16-13(22)17-14-18(8-9(2)23-14)12-5-4-10(19(20)21)7-11(12)15/h3-5,7,9H,1,6,8H2,2H3,(H,16,22)/b17-14-. The van der Waals surface area contributed by atoms with Crippen LogP contribution in [0, 0.1) is 10.1 Å². The molecule has 6 nitrogen and oxygen atoms in total. The number of anilines is 1. The number of nitro benzene ring substituents is 1. The SMILES string of the molecule is C=CCNC(=S)/N=C1\SC(C)CN1c1ccc([N+](=O)[O-])cc1Cl. The van der Waals surface area contributed by atoms with Gasteiger partial charge in [-0.3, -0.25) is 10.1 Å². The van der Waals surface area contributed by atoms with E-state index < -0.39 is 4.92 Å². The molecule has 1 heterocycles. The highest BCUT2D eigenvalue weighted by Crippen LogP contribution is 2.36. The molecule has 1 aliphatic rings. The van der Waals surface area contributed by atoms with Crippen LogP contribution in [0.2, 0.25) is 5.02 Å². The van der Waals surface area contributed by atoms with Gasteiger partial charge in [-0.1, -0.05) is 36.4 Å². The molecule has 0 aliphatic carbocycles. The topological polar surface area (TPSA) is 70.8 Å².